The molecule has 2 heterocycles. The van der Waals surface area contributed by atoms with Crippen LogP contribution in [0.25, 0.3) is 11.4 Å². The number of alkyl carbamates (subject to hydrolysis) is 1. The van der Waals surface area contributed by atoms with Crippen molar-refractivity contribution in [1.82, 2.24) is 15.3 Å². The third-order valence-corrected chi connectivity index (χ3v) is 3.92. The summed E-state index contributed by atoms with van der Waals surface area (Å²) in [6.07, 6.45) is -0.790. The monoisotopic (exact) mass is 374 g/mol. The lowest BCUT2D eigenvalue weighted by atomic mass is 10.2. The molecule has 2 N–H and O–H groups in total. The molecule has 0 saturated carbocycles. The summed E-state index contributed by atoms with van der Waals surface area (Å²) in [7, 11) is 0. The maximum atomic E-state index is 11.8. The number of ether oxygens (including phenoxy) is 1. The summed E-state index contributed by atoms with van der Waals surface area (Å²) in [5, 5.41) is 22.8. The molecule has 1 amide bonds. The number of carbonyl (C=O) groups excluding carboxylic acids is 1. The number of hydrogen-bond donors (Lipinski definition) is 2. The number of carboxylic acid groups (broad SMARTS) is 1. The lowest BCUT2D eigenvalue weighted by Gasteiger charge is -2.21. The first-order valence-corrected chi connectivity index (χ1v) is 8.60. The number of nitrogens with zero attached hydrogens (tertiary/aromatic N) is 3. The summed E-state index contributed by atoms with van der Waals surface area (Å²) < 4.78 is 5.09. The van der Waals surface area contributed by atoms with Crippen LogP contribution in [0.3, 0.4) is 0 Å². The normalized spacial score (nSPS) is 12.1. The molecule has 26 heavy (non-hydrogen) atoms. The first-order valence-electron chi connectivity index (χ1n) is 7.72. The maximum Gasteiger partial charge on any atom is 0.408 e. The van der Waals surface area contributed by atoms with Gasteiger partial charge in [-0.05, 0) is 32.9 Å². The van der Waals surface area contributed by atoms with Crippen LogP contribution in [0.15, 0.2) is 23.6 Å². The van der Waals surface area contributed by atoms with E-state index in [0.717, 1.165) is 0 Å². The number of pyridine rings is 1. The van der Waals surface area contributed by atoms with Crippen LogP contribution in [0.1, 0.15) is 31.5 Å². The van der Waals surface area contributed by atoms with E-state index < -0.39 is 23.7 Å². The Labute approximate surface area is 154 Å². The molecule has 2 aromatic rings. The van der Waals surface area contributed by atoms with Gasteiger partial charge < -0.3 is 15.2 Å². The van der Waals surface area contributed by atoms with Crippen molar-refractivity contribution in [2.75, 3.05) is 0 Å². The van der Waals surface area contributed by atoms with Gasteiger partial charge in [0.05, 0.1) is 16.4 Å². The van der Waals surface area contributed by atoms with Crippen molar-refractivity contribution in [3.8, 4) is 17.5 Å². The fourth-order valence-corrected chi connectivity index (χ4v) is 2.82. The van der Waals surface area contributed by atoms with E-state index in [1.54, 1.807) is 44.4 Å². The van der Waals surface area contributed by atoms with Gasteiger partial charge in [-0.1, -0.05) is 6.07 Å². The summed E-state index contributed by atoms with van der Waals surface area (Å²) in [6.45, 7) is 5.08. The minimum absolute atomic E-state index is 0.0111. The number of carbonyl (C=O) groups is 2. The molecule has 0 saturated heterocycles. The van der Waals surface area contributed by atoms with Gasteiger partial charge in [-0.2, -0.15) is 5.26 Å². The summed E-state index contributed by atoms with van der Waals surface area (Å²) in [4.78, 5) is 31.7. The Hall–Kier alpha value is -2.99. The molecule has 2 aromatic heterocycles. The van der Waals surface area contributed by atoms with Gasteiger partial charge in [0.1, 0.15) is 23.4 Å². The van der Waals surface area contributed by atoms with E-state index in [2.05, 4.69) is 15.3 Å². The molecule has 0 radical (unpaired) electrons. The molecule has 0 bridgehead atoms. The van der Waals surface area contributed by atoms with E-state index in [9.17, 15) is 14.7 Å². The minimum atomic E-state index is -1.18. The quantitative estimate of drug-likeness (QED) is 0.824. The average molecular weight is 374 g/mol. The Morgan fingerprint density at radius 2 is 2.08 bits per heavy atom. The summed E-state index contributed by atoms with van der Waals surface area (Å²) >= 11 is 1.25. The number of aliphatic carboxylic acids is 1. The molecule has 0 aliphatic rings. The molecule has 2 rings (SSSR count). The molecular formula is C17H18N4O4S. The van der Waals surface area contributed by atoms with Gasteiger partial charge >= 0.3 is 12.1 Å². The second kappa shape index (κ2) is 7.93. The number of carboxylic acids is 1. The molecule has 0 spiro atoms. The largest absolute Gasteiger partial charge is 0.480 e. The van der Waals surface area contributed by atoms with Crippen molar-refractivity contribution >= 4 is 23.4 Å². The van der Waals surface area contributed by atoms with E-state index in [4.69, 9.17) is 10.00 Å². The van der Waals surface area contributed by atoms with E-state index in [-0.39, 0.29) is 12.1 Å². The predicted molar refractivity (Wildman–Crippen MR) is 94.6 cm³/mol. The highest BCUT2D eigenvalue weighted by molar-refractivity contribution is 7.09. The lowest BCUT2D eigenvalue weighted by molar-refractivity contribution is -0.139. The van der Waals surface area contributed by atoms with Gasteiger partial charge in [-0.25, -0.2) is 19.6 Å². The van der Waals surface area contributed by atoms with Crippen molar-refractivity contribution in [3.63, 3.8) is 0 Å². The highest BCUT2D eigenvalue weighted by atomic mass is 32.1. The number of hydrogen-bond acceptors (Lipinski definition) is 7. The zero-order valence-electron chi connectivity index (χ0n) is 14.5. The standard InChI is InChI=1S/C17H18N4O4S/c1-17(2,3)25-16(24)21-12(15(22)23)7-14-20-13(9-26-14)11-6-4-5-10(8-18)19-11/h4-6,9,12H,7H2,1-3H3,(H,21,24)(H,22,23)/t12-/m0/s1. The lowest BCUT2D eigenvalue weighted by Crippen LogP contribution is -2.44. The van der Waals surface area contributed by atoms with Crippen molar-refractivity contribution < 1.29 is 19.4 Å². The summed E-state index contributed by atoms with van der Waals surface area (Å²) in [6, 6.07) is 5.79. The first kappa shape index (κ1) is 19.3. The van der Waals surface area contributed by atoms with Gasteiger partial charge in [0.15, 0.2) is 0 Å². The predicted octanol–water partition coefficient (Wildman–Crippen LogP) is 2.60. The zero-order valence-corrected chi connectivity index (χ0v) is 15.3. The van der Waals surface area contributed by atoms with E-state index in [0.29, 0.717) is 16.4 Å². The first-order chi connectivity index (χ1) is 12.2. The summed E-state index contributed by atoms with van der Waals surface area (Å²) in [5.74, 6) is -1.18. The zero-order chi connectivity index (χ0) is 19.3. The van der Waals surface area contributed by atoms with Gasteiger partial charge in [0.2, 0.25) is 0 Å². The average Bonchev–Trinajstić information content (AvgIpc) is 3.01. The van der Waals surface area contributed by atoms with Crippen LogP contribution in [-0.2, 0) is 16.0 Å². The van der Waals surface area contributed by atoms with E-state index in [1.165, 1.54) is 11.3 Å². The Morgan fingerprint density at radius 3 is 2.69 bits per heavy atom. The fourth-order valence-electron chi connectivity index (χ4n) is 1.99. The molecule has 0 fully saturated rings. The highest BCUT2D eigenvalue weighted by Gasteiger charge is 2.25. The van der Waals surface area contributed by atoms with Crippen molar-refractivity contribution in [3.05, 3.63) is 34.3 Å². The number of nitriles is 1. The van der Waals surface area contributed by atoms with Gasteiger partial charge in [-0.3, -0.25) is 0 Å². The topological polar surface area (TPSA) is 125 Å². The van der Waals surface area contributed by atoms with Crippen LogP contribution in [0, 0.1) is 11.3 Å². The number of rotatable bonds is 5. The van der Waals surface area contributed by atoms with Gasteiger partial charge in [0.25, 0.3) is 0 Å². The third kappa shape index (κ3) is 5.53. The number of amides is 1. The Bertz CT molecular complexity index is 851. The van der Waals surface area contributed by atoms with Crippen LogP contribution < -0.4 is 5.32 Å². The number of aromatic nitrogens is 2. The molecule has 136 valence electrons. The van der Waals surface area contributed by atoms with Crippen LogP contribution >= 0.6 is 11.3 Å². The number of nitrogens with one attached hydrogen (secondary N) is 1. The van der Waals surface area contributed by atoms with Crippen LogP contribution in [-0.4, -0.2) is 38.8 Å². The third-order valence-electron chi connectivity index (χ3n) is 3.05. The second-order valence-corrected chi connectivity index (χ2v) is 7.33. The van der Waals surface area contributed by atoms with Crippen molar-refractivity contribution in [2.24, 2.45) is 0 Å². The van der Waals surface area contributed by atoms with Gasteiger partial charge in [0, 0.05) is 11.8 Å². The Balaban J connectivity index is 2.10. The van der Waals surface area contributed by atoms with E-state index in [1.807, 2.05) is 6.07 Å². The van der Waals surface area contributed by atoms with Crippen LogP contribution in [0.2, 0.25) is 0 Å². The molecule has 0 unspecified atom stereocenters. The van der Waals surface area contributed by atoms with Crippen LogP contribution in [0.4, 0.5) is 4.79 Å². The smallest absolute Gasteiger partial charge is 0.408 e. The molecule has 0 aliphatic carbocycles. The Kier molecular flexibility index (Phi) is 5.90. The second-order valence-electron chi connectivity index (χ2n) is 6.39. The molecule has 8 nitrogen and oxygen atoms in total. The molecular weight excluding hydrogens is 356 g/mol. The minimum Gasteiger partial charge on any atom is -0.480 e. The maximum absolute atomic E-state index is 11.8. The van der Waals surface area contributed by atoms with Gasteiger partial charge in [-0.15, -0.1) is 11.3 Å². The van der Waals surface area contributed by atoms with Crippen molar-refractivity contribution in [1.29, 1.82) is 5.26 Å². The molecule has 0 aliphatic heterocycles. The highest BCUT2D eigenvalue weighted by Crippen LogP contribution is 2.21. The Morgan fingerprint density at radius 1 is 1.35 bits per heavy atom. The number of thiazole rings is 1. The fraction of sp³-hybridized carbons (Fsp3) is 0.353. The van der Waals surface area contributed by atoms with E-state index >= 15 is 0 Å². The molecule has 1 atom stereocenters. The molecule has 0 aromatic carbocycles. The van der Waals surface area contributed by atoms with Crippen LogP contribution in [0.5, 0.6) is 0 Å². The summed E-state index contributed by atoms with van der Waals surface area (Å²) in [5.41, 5.74) is 0.618. The SMILES string of the molecule is CC(C)(C)OC(=O)N[C@@H](Cc1nc(-c2cccc(C#N)n2)cs1)C(=O)O. The van der Waals surface area contributed by atoms with Crippen molar-refractivity contribution in [2.45, 2.75) is 38.8 Å². The molecule has 9 heteroatoms.